The van der Waals surface area contributed by atoms with Gasteiger partial charge >= 0.3 is 0 Å². The fraction of sp³-hybridized carbons (Fsp3) is 0.583. The zero-order valence-corrected chi connectivity index (χ0v) is 12.5. The van der Waals surface area contributed by atoms with Crippen LogP contribution >= 0.6 is 0 Å². The minimum absolute atomic E-state index is 0.0849. The lowest BCUT2D eigenvalue weighted by Gasteiger charge is -2.21. The highest BCUT2D eigenvalue weighted by atomic mass is 32.2. The maximum absolute atomic E-state index is 12.5. The van der Waals surface area contributed by atoms with Crippen LogP contribution in [0.15, 0.2) is 23.4 Å². The van der Waals surface area contributed by atoms with E-state index in [0.29, 0.717) is 13.1 Å². The predicted octanol–water partition coefficient (Wildman–Crippen LogP) is 0.626. The van der Waals surface area contributed by atoms with E-state index in [9.17, 15) is 8.42 Å². The van der Waals surface area contributed by atoms with Crippen molar-refractivity contribution >= 4 is 15.7 Å². The molecule has 0 radical (unpaired) electrons. The van der Waals surface area contributed by atoms with Crippen LogP contribution in [0.5, 0.6) is 0 Å². The maximum atomic E-state index is 12.5. The summed E-state index contributed by atoms with van der Waals surface area (Å²) in [5, 5.41) is 0. The summed E-state index contributed by atoms with van der Waals surface area (Å²) in [6.45, 7) is 3.56. The third-order valence-electron chi connectivity index (χ3n) is 2.80. The van der Waals surface area contributed by atoms with E-state index in [-0.39, 0.29) is 10.6 Å². The van der Waals surface area contributed by atoms with Crippen molar-refractivity contribution in [3.8, 4) is 0 Å². The first-order valence-electron chi connectivity index (χ1n) is 6.24. The molecule has 0 aliphatic rings. The number of pyridine rings is 1. The third-order valence-corrected chi connectivity index (χ3v) is 4.82. The molecule has 19 heavy (non-hydrogen) atoms. The van der Waals surface area contributed by atoms with Gasteiger partial charge in [0.1, 0.15) is 4.90 Å². The lowest BCUT2D eigenvalue weighted by atomic mass is 10.4. The summed E-state index contributed by atoms with van der Waals surface area (Å²) in [4.78, 5) is 5.95. The number of nitrogens with zero attached hydrogens (tertiary/aromatic N) is 3. The van der Waals surface area contributed by atoms with Gasteiger partial charge in [-0.15, -0.1) is 0 Å². The largest absolute Gasteiger partial charge is 0.398 e. The molecule has 0 aliphatic heterocycles. The average molecular weight is 286 g/mol. The second kappa shape index (κ2) is 6.83. The van der Waals surface area contributed by atoms with Gasteiger partial charge < -0.3 is 10.6 Å². The van der Waals surface area contributed by atoms with Crippen molar-refractivity contribution in [1.29, 1.82) is 0 Å². The topological polar surface area (TPSA) is 79.5 Å². The average Bonchev–Trinajstić information content (AvgIpc) is 2.34. The van der Waals surface area contributed by atoms with E-state index >= 15 is 0 Å². The fourth-order valence-electron chi connectivity index (χ4n) is 1.76. The van der Waals surface area contributed by atoms with Gasteiger partial charge in [-0.05, 0) is 33.1 Å². The number of hydrogen-bond donors (Lipinski definition) is 1. The van der Waals surface area contributed by atoms with Gasteiger partial charge in [-0.2, -0.15) is 4.31 Å². The van der Waals surface area contributed by atoms with Crippen LogP contribution in [0.25, 0.3) is 0 Å². The van der Waals surface area contributed by atoms with E-state index in [0.717, 1.165) is 13.0 Å². The van der Waals surface area contributed by atoms with Gasteiger partial charge in [0.15, 0.2) is 0 Å². The van der Waals surface area contributed by atoms with Crippen molar-refractivity contribution < 1.29 is 8.42 Å². The Morgan fingerprint density at radius 3 is 2.53 bits per heavy atom. The van der Waals surface area contributed by atoms with Crippen LogP contribution in [0, 0.1) is 0 Å². The fourth-order valence-corrected chi connectivity index (χ4v) is 3.30. The van der Waals surface area contributed by atoms with Crippen molar-refractivity contribution in [2.75, 3.05) is 39.5 Å². The standard InChI is InChI=1S/C12H22N4O2S/c1-4-16(9-5-8-15(2)3)19(17,18)12-10-14-7-6-11(12)13/h6-7,10H,4-5,8-9H2,1-3H3,(H2,13,14). The van der Waals surface area contributed by atoms with Crippen LogP contribution in [0.3, 0.4) is 0 Å². The highest BCUT2D eigenvalue weighted by Crippen LogP contribution is 2.20. The van der Waals surface area contributed by atoms with Crippen LogP contribution in [-0.4, -0.2) is 56.3 Å². The van der Waals surface area contributed by atoms with E-state index in [2.05, 4.69) is 4.98 Å². The zero-order chi connectivity index (χ0) is 14.5. The molecule has 1 rings (SSSR count). The van der Waals surface area contributed by atoms with Crippen molar-refractivity contribution in [2.24, 2.45) is 0 Å². The first kappa shape index (κ1) is 15.9. The van der Waals surface area contributed by atoms with E-state index in [1.54, 1.807) is 0 Å². The maximum Gasteiger partial charge on any atom is 0.246 e. The number of sulfonamides is 1. The second-order valence-corrected chi connectivity index (χ2v) is 6.47. The Morgan fingerprint density at radius 1 is 1.32 bits per heavy atom. The molecule has 6 nitrogen and oxygen atoms in total. The van der Waals surface area contributed by atoms with E-state index in [4.69, 9.17) is 5.73 Å². The third kappa shape index (κ3) is 4.15. The minimum Gasteiger partial charge on any atom is -0.398 e. The van der Waals surface area contributed by atoms with E-state index < -0.39 is 10.0 Å². The molecule has 0 saturated carbocycles. The van der Waals surface area contributed by atoms with Gasteiger partial charge in [0.2, 0.25) is 10.0 Å². The number of hydrogen-bond acceptors (Lipinski definition) is 5. The Bertz CT molecular complexity index is 502. The molecule has 0 saturated heterocycles. The molecule has 0 amide bonds. The number of nitrogens with two attached hydrogens (primary N) is 1. The Kier molecular flexibility index (Phi) is 5.71. The first-order chi connectivity index (χ1) is 8.89. The molecule has 0 atom stereocenters. The summed E-state index contributed by atoms with van der Waals surface area (Å²) in [5.41, 5.74) is 5.96. The summed E-state index contributed by atoms with van der Waals surface area (Å²) in [6, 6.07) is 1.50. The normalized spacial score (nSPS) is 12.3. The van der Waals surface area contributed by atoms with Gasteiger partial charge in [-0.1, -0.05) is 6.92 Å². The number of anilines is 1. The molecular formula is C12H22N4O2S. The molecule has 0 aliphatic carbocycles. The van der Waals surface area contributed by atoms with Crippen LogP contribution in [0.2, 0.25) is 0 Å². The molecule has 7 heteroatoms. The summed E-state index contributed by atoms with van der Waals surface area (Å²) < 4.78 is 26.3. The summed E-state index contributed by atoms with van der Waals surface area (Å²) in [6.07, 6.45) is 3.57. The molecule has 0 unspecified atom stereocenters. The van der Waals surface area contributed by atoms with Crippen molar-refractivity contribution in [3.05, 3.63) is 18.5 Å². The number of nitrogen functional groups attached to an aromatic ring is 1. The first-order valence-corrected chi connectivity index (χ1v) is 7.68. The summed E-state index contributed by atoms with van der Waals surface area (Å²) in [7, 11) is 0.372. The smallest absolute Gasteiger partial charge is 0.246 e. The van der Waals surface area contributed by atoms with Gasteiger partial charge in [-0.3, -0.25) is 4.98 Å². The van der Waals surface area contributed by atoms with Crippen molar-refractivity contribution in [2.45, 2.75) is 18.2 Å². The molecule has 1 aromatic rings. The lowest BCUT2D eigenvalue weighted by molar-refractivity contribution is 0.356. The van der Waals surface area contributed by atoms with E-state index in [1.165, 1.54) is 22.8 Å². The molecule has 0 fully saturated rings. The summed E-state index contributed by atoms with van der Waals surface area (Å²) in [5.74, 6) is 0. The van der Waals surface area contributed by atoms with Gasteiger partial charge in [0.25, 0.3) is 0 Å². The highest BCUT2D eigenvalue weighted by molar-refractivity contribution is 7.89. The molecular weight excluding hydrogens is 264 g/mol. The second-order valence-electron chi connectivity index (χ2n) is 4.57. The zero-order valence-electron chi connectivity index (χ0n) is 11.7. The van der Waals surface area contributed by atoms with Gasteiger partial charge in [0.05, 0.1) is 5.69 Å². The molecule has 108 valence electrons. The van der Waals surface area contributed by atoms with Crippen molar-refractivity contribution in [1.82, 2.24) is 14.2 Å². The van der Waals surface area contributed by atoms with Crippen LogP contribution < -0.4 is 5.73 Å². The predicted molar refractivity (Wildman–Crippen MR) is 76.3 cm³/mol. The monoisotopic (exact) mass is 286 g/mol. The van der Waals surface area contributed by atoms with Crippen LogP contribution in [0.1, 0.15) is 13.3 Å². The lowest BCUT2D eigenvalue weighted by Crippen LogP contribution is -2.33. The molecule has 0 bridgehead atoms. The molecule has 0 aromatic carbocycles. The Balaban J connectivity index is 2.87. The van der Waals surface area contributed by atoms with Crippen molar-refractivity contribution in [3.63, 3.8) is 0 Å². The number of aromatic nitrogens is 1. The molecule has 1 heterocycles. The van der Waals surface area contributed by atoms with E-state index in [1.807, 2.05) is 25.9 Å². The Hall–Kier alpha value is -1.18. The minimum atomic E-state index is -3.55. The Morgan fingerprint density at radius 2 is 2.00 bits per heavy atom. The quantitative estimate of drug-likeness (QED) is 0.795. The number of rotatable bonds is 7. The van der Waals surface area contributed by atoms with Gasteiger partial charge in [-0.25, -0.2) is 8.42 Å². The molecule has 0 spiro atoms. The highest BCUT2D eigenvalue weighted by Gasteiger charge is 2.24. The van der Waals surface area contributed by atoms with Gasteiger partial charge in [0, 0.05) is 25.5 Å². The van der Waals surface area contributed by atoms with Crippen LogP contribution in [-0.2, 0) is 10.0 Å². The molecule has 2 N–H and O–H groups in total. The summed E-state index contributed by atoms with van der Waals surface area (Å²) >= 11 is 0. The molecule has 1 aromatic heterocycles. The van der Waals surface area contributed by atoms with Crippen LogP contribution in [0.4, 0.5) is 5.69 Å². The Labute approximate surface area is 115 Å². The SMILES string of the molecule is CCN(CCCN(C)C)S(=O)(=O)c1cnccc1N.